The van der Waals surface area contributed by atoms with Crippen LogP contribution < -0.4 is 5.32 Å². The summed E-state index contributed by atoms with van der Waals surface area (Å²) < 4.78 is 27.6. The van der Waals surface area contributed by atoms with Gasteiger partial charge < -0.3 is 10.3 Å². The Morgan fingerprint density at radius 3 is 2.44 bits per heavy atom. The summed E-state index contributed by atoms with van der Waals surface area (Å²) in [5.41, 5.74) is 2.61. The van der Waals surface area contributed by atoms with Gasteiger partial charge in [0.05, 0.1) is 10.7 Å². The minimum absolute atomic E-state index is 0.199. The summed E-state index contributed by atoms with van der Waals surface area (Å²) in [7, 11) is -3.63. The molecular weight excluding hydrogens is 386 g/mol. The van der Waals surface area contributed by atoms with Crippen molar-refractivity contribution in [1.29, 1.82) is 0 Å². The number of carbonyl (C=O) groups is 1. The van der Waals surface area contributed by atoms with Gasteiger partial charge in [-0.1, -0.05) is 24.1 Å². The number of amides is 1. The molecule has 27 heavy (non-hydrogen) atoms. The Kier molecular flexibility index (Phi) is 5.65. The summed E-state index contributed by atoms with van der Waals surface area (Å²) in [5, 5.41) is 3.19. The molecule has 2 N–H and O–H groups in total. The Hall–Kier alpha value is -1.83. The maximum atomic E-state index is 13.1. The molecule has 1 aliphatic heterocycles. The number of aromatic amines is 1. The fourth-order valence-electron chi connectivity index (χ4n) is 3.49. The summed E-state index contributed by atoms with van der Waals surface area (Å²) in [6.45, 7) is 6.29. The Morgan fingerprint density at radius 2 is 1.81 bits per heavy atom. The number of benzene rings is 1. The lowest BCUT2D eigenvalue weighted by Gasteiger charge is -2.26. The number of aryl methyl sites for hydroxylation is 2. The van der Waals surface area contributed by atoms with Crippen LogP contribution in [-0.4, -0.2) is 36.7 Å². The molecule has 3 rings (SSSR count). The topological polar surface area (TPSA) is 82.3 Å². The third-order valence-electron chi connectivity index (χ3n) is 4.88. The van der Waals surface area contributed by atoms with Crippen LogP contribution in [0.5, 0.6) is 0 Å². The smallest absolute Gasteiger partial charge is 0.272 e. The van der Waals surface area contributed by atoms with Gasteiger partial charge in [-0.2, -0.15) is 4.31 Å². The molecule has 0 radical (unpaired) electrons. The number of anilines is 1. The third kappa shape index (κ3) is 3.90. The van der Waals surface area contributed by atoms with Crippen molar-refractivity contribution in [3.05, 3.63) is 45.7 Å². The molecule has 1 saturated heterocycles. The maximum absolute atomic E-state index is 13.1. The van der Waals surface area contributed by atoms with Gasteiger partial charge >= 0.3 is 0 Å². The second-order valence-electron chi connectivity index (χ2n) is 6.98. The number of rotatable bonds is 4. The molecule has 2 aromatic rings. The van der Waals surface area contributed by atoms with E-state index >= 15 is 0 Å². The summed E-state index contributed by atoms with van der Waals surface area (Å²) in [6, 6.07) is 5.34. The molecule has 1 aromatic heterocycles. The fourth-order valence-corrected chi connectivity index (χ4v) is 5.69. The standard InChI is InChI=1S/C19H24ClN3O3S/c1-12-7-8-16(15(20)11-12)22-19(24)17-13(2)18(14(3)21-17)27(25,26)23-9-5-4-6-10-23/h7-8,11,21H,4-6,9-10H2,1-3H3,(H,22,24). The highest BCUT2D eigenvalue weighted by Crippen LogP contribution is 2.29. The molecule has 6 nitrogen and oxygen atoms in total. The first-order chi connectivity index (χ1) is 12.7. The molecule has 2 heterocycles. The number of hydrogen-bond acceptors (Lipinski definition) is 3. The third-order valence-corrected chi connectivity index (χ3v) is 7.37. The minimum atomic E-state index is -3.63. The molecule has 8 heteroatoms. The lowest BCUT2D eigenvalue weighted by atomic mass is 10.2. The highest BCUT2D eigenvalue weighted by atomic mass is 35.5. The van der Waals surface area contributed by atoms with Gasteiger partial charge in [-0.25, -0.2) is 8.42 Å². The minimum Gasteiger partial charge on any atom is -0.353 e. The quantitative estimate of drug-likeness (QED) is 0.799. The maximum Gasteiger partial charge on any atom is 0.272 e. The van der Waals surface area contributed by atoms with E-state index in [4.69, 9.17) is 11.6 Å². The normalized spacial score (nSPS) is 15.7. The lowest BCUT2D eigenvalue weighted by molar-refractivity contribution is 0.102. The Morgan fingerprint density at radius 1 is 1.15 bits per heavy atom. The fraction of sp³-hybridized carbons (Fsp3) is 0.421. The predicted molar refractivity (Wildman–Crippen MR) is 107 cm³/mol. The SMILES string of the molecule is Cc1ccc(NC(=O)c2[nH]c(C)c(S(=O)(=O)N3CCCCC3)c2C)c(Cl)c1. The number of H-pyrrole nitrogens is 1. The van der Waals surface area contributed by atoms with E-state index < -0.39 is 15.9 Å². The first-order valence-corrected chi connectivity index (χ1v) is 10.8. The zero-order valence-corrected chi connectivity index (χ0v) is 17.3. The van der Waals surface area contributed by atoms with Crippen molar-refractivity contribution in [2.45, 2.75) is 44.9 Å². The monoisotopic (exact) mass is 409 g/mol. The van der Waals surface area contributed by atoms with Crippen LogP contribution in [0.25, 0.3) is 0 Å². The van der Waals surface area contributed by atoms with E-state index in [1.807, 2.05) is 13.0 Å². The van der Waals surface area contributed by atoms with Gasteiger partial charge in [0.1, 0.15) is 10.6 Å². The van der Waals surface area contributed by atoms with Crippen LogP contribution >= 0.6 is 11.6 Å². The number of hydrogen-bond donors (Lipinski definition) is 2. The van der Waals surface area contributed by atoms with Gasteiger partial charge in [0, 0.05) is 18.8 Å². The number of piperidine rings is 1. The van der Waals surface area contributed by atoms with Gasteiger partial charge in [0.15, 0.2) is 0 Å². The molecular formula is C19H24ClN3O3S. The number of sulfonamides is 1. The van der Waals surface area contributed by atoms with E-state index in [1.165, 1.54) is 4.31 Å². The average molecular weight is 410 g/mol. The van der Waals surface area contributed by atoms with Crippen molar-refractivity contribution in [2.24, 2.45) is 0 Å². The highest BCUT2D eigenvalue weighted by molar-refractivity contribution is 7.89. The van der Waals surface area contributed by atoms with E-state index in [0.717, 1.165) is 24.8 Å². The van der Waals surface area contributed by atoms with Gasteiger partial charge in [-0.3, -0.25) is 4.79 Å². The largest absolute Gasteiger partial charge is 0.353 e. The zero-order valence-electron chi connectivity index (χ0n) is 15.7. The van der Waals surface area contributed by atoms with Crippen LogP contribution in [0.2, 0.25) is 5.02 Å². The molecule has 1 amide bonds. The number of carbonyl (C=O) groups excluding carboxylic acids is 1. The van der Waals surface area contributed by atoms with Gasteiger partial charge in [0.2, 0.25) is 10.0 Å². The van der Waals surface area contributed by atoms with Crippen LogP contribution in [0.1, 0.15) is 46.6 Å². The van der Waals surface area contributed by atoms with Gasteiger partial charge in [-0.15, -0.1) is 0 Å². The first-order valence-electron chi connectivity index (χ1n) is 8.98. The molecule has 1 aliphatic rings. The van der Waals surface area contributed by atoms with E-state index in [0.29, 0.717) is 35.1 Å². The molecule has 0 spiro atoms. The van der Waals surface area contributed by atoms with Crippen molar-refractivity contribution in [1.82, 2.24) is 9.29 Å². The molecule has 0 bridgehead atoms. The number of nitrogens with one attached hydrogen (secondary N) is 2. The number of nitrogens with zero attached hydrogens (tertiary/aromatic N) is 1. The summed E-state index contributed by atoms with van der Waals surface area (Å²) >= 11 is 6.18. The van der Waals surface area contributed by atoms with Crippen molar-refractivity contribution in [2.75, 3.05) is 18.4 Å². The van der Waals surface area contributed by atoms with Crippen LogP contribution in [0.15, 0.2) is 23.1 Å². The molecule has 0 unspecified atom stereocenters. The van der Waals surface area contributed by atoms with Crippen LogP contribution in [0.4, 0.5) is 5.69 Å². The zero-order chi connectivity index (χ0) is 19.8. The van der Waals surface area contributed by atoms with Gasteiger partial charge in [-0.05, 0) is 56.9 Å². The van der Waals surface area contributed by atoms with Crippen molar-refractivity contribution < 1.29 is 13.2 Å². The van der Waals surface area contributed by atoms with Crippen LogP contribution in [0, 0.1) is 20.8 Å². The average Bonchev–Trinajstić information content (AvgIpc) is 2.93. The van der Waals surface area contributed by atoms with Crippen LogP contribution in [0.3, 0.4) is 0 Å². The van der Waals surface area contributed by atoms with Crippen LogP contribution in [-0.2, 0) is 10.0 Å². The molecule has 146 valence electrons. The molecule has 0 saturated carbocycles. The summed E-state index contributed by atoms with van der Waals surface area (Å²) in [4.78, 5) is 15.9. The molecule has 1 fully saturated rings. The van der Waals surface area contributed by atoms with Gasteiger partial charge in [0.25, 0.3) is 5.91 Å². The van der Waals surface area contributed by atoms with E-state index in [-0.39, 0.29) is 10.6 Å². The Bertz CT molecular complexity index is 976. The number of halogens is 1. The molecule has 0 atom stereocenters. The Balaban J connectivity index is 1.92. The highest BCUT2D eigenvalue weighted by Gasteiger charge is 2.32. The Labute approximate surface area is 165 Å². The molecule has 1 aromatic carbocycles. The summed E-state index contributed by atoms with van der Waals surface area (Å²) in [5.74, 6) is -0.415. The van der Waals surface area contributed by atoms with E-state index in [1.54, 1.807) is 26.0 Å². The van der Waals surface area contributed by atoms with Crippen molar-refractivity contribution in [3.8, 4) is 0 Å². The first kappa shape index (κ1) is 19.9. The predicted octanol–water partition coefficient (Wildman–Crippen LogP) is 4.02. The van der Waals surface area contributed by atoms with E-state index in [9.17, 15) is 13.2 Å². The van der Waals surface area contributed by atoms with Crippen molar-refractivity contribution >= 4 is 33.2 Å². The lowest BCUT2D eigenvalue weighted by Crippen LogP contribution is -2.36. The van der Waals surface area contributed by atoms with Crippen molar-refractivity contribution in [3.63, 3.8) is 0 Å². The second kappa shape index (κ2) is 7.66. The van der Waals surface area contributed by atoms with E-state index in [2.05, 4.69) is 10.3 Å². The second-order valence-corrected chi connectivity index (χ2v) is 9.26. The number of aromatic nitrogens is 1. The summed E-state index contributed by atoms with van der Waals surface area (Å²) in [6.07, 6.45) is 2.77. The molecule has 0 aliphatic carbocycles.